The molecule has 3 rings (SSSR count). The summed E-state index contributed by atoms with van der Waals surface area (Å²) in [6.45, 7) is 7.82. The molecule has 0 unspecified atom stereocenters. The number of aryl methyl sites for hydroxylation is 1. The van der Waals surface area contributed by atoms with Gasteiger partial charge in [-0.2, -0.15) is 0 Å². The van der Waals surface area contributed by atoms with Crippen LogP contribution in [0.4, 0.5) is 5.69 Å². The number of benzene rings is 2. The number of phenolic OH excluding ortho intramolecular Hbond substituents is 1. The Morgan fingerprint density at radius 2 is 2.00 bits per heavy atom. The van der Waals surface area contributed by atoms with Crippen molar-refractivity contribution in [2.24, 2.45) is 5.18 Å². The van der Waals surface area contributed by atoms with Gasteiger partial charge in [-0.15, -0.1) is 4.91 Å². The highest BCUT2D eigenvalue weighted by atomic mass is 16.5. The Morgan fingerprint density at radius 1 is 1.25 bits per heavy atom. The minimum atomic E-state index is -0.103. The molecule has 1 heterocycles. The van der Waals surface area contributed by atoms with Crippen molar-refractivity contribution in [1.82, 2.24) is 0 Å². The molecule has 0 saturated heterocycles. The van der Waals surface area contributed by atoms with Crippen LogP contribution in [0.2, 0.25) is 0 Å². The third-order valence-corrected chi connectivity index (χ3v) is 4.52. The summed E-state index contributed by atoms with van der Waals surface area (Å²) in [5.74, 6) is 0.508. The largest absolute Gasteiger partial charge is 0.505 e. The van der Waals surface area contributed by atoms with Crippen molar-refractivity contribution in [3.05, 3.63) is 51.6 Å². The second-order valence-electron chi connectivity index (χ2n) is 6.50. The monoisotopic (exact) mass is 323 g/mol. The van der Waals surface area contributed by atoms with Crippen molar-refractivity contribution >= 4 is 22.0 Å². The lowest BCUT2D eigenvalue weighted by molar-refractivity contribution is 0.451. The molecule has 124 valence electrons. The minimum Gasteiger partial charge on any atom is -0.505 e. The molecule has 2 aromatic rings. The third-order valence-electron chi connectivity index (χ3n) is 4.52. The average molecular weight is 323 g/mol. The van der Waals surface area contributed by atoms with E-state index in [0.29, 0.717) is 16.7 Å². The zero-order valence-corrected chi connectivity index (χ0v) is 14.4. The van der Waals surface area contributed by atoms with Crippen molar-refractivity contribution < 1.29 is 9.84 Å². The maximum Gasteiger partial charge on any atom is 0.158 e. The van der Waals surface area contributed by atoms with Crippen LogP contribution in [0, 0.1) is 18.8 Å². The van der Waals surface area contributed by atoms with Crippen molar-refractivity contribution in [3.8, 4) is 11.5 Å². The highest BCUT2D eigenvalue weighted by Crippen LogP contribution is 2.50. The third kappa shape index (κ3) is 2.48. The first-order chi connectivity index (χ1) is 11.5. The quantitative estimate of drug-likeness (QED) is 0.551. The molecule has 0 radical (unpaired) electrons. The van der Waals surface area contributed by atoms with Gasteiger partial charge in [0.05, 0.1) is 6.26 Å². The van der Waals surface area contributed by atoms with Gasteiger partial charge in [0.15, 0.2) is 11.4 Å². The molecule has 0 amide bonds. The van der Waals surface area contributed by atoms with Gasteiger partial charge in [0.1, 0.15) is 5.75 Å². The maximum atomic E-state index is 11.3. The highest BCUT2D eigenvalue weighted by molar-refractivity contribution is 6.09. The summed E-state index contributed by atoms with van der Waals surface area (Å²) in [5.41, 5.74) is 4.96. The van der Waals surface area contributed by atoms with E-state index in [4.69, 9.17) is 4.74 Å². The first-order valence-electron chi connectivity index (χ1n) is 8.07. The van der Waals surface area contributed by atoms with Gasteiger partial charge in [-0.3, -0.25) is 0 Å². The second-order valence-corrected chi connectivity index (χ2v) is 6.50. The molecule has 0 fully saturated rings. The lowest BCUT2D eigenvalue weighted by atomic mass is 9.89. The summed E-state index contributed by atoms with van der Waals surface area (Å²) in [5, 5.41) is 14.9. The Labute approximate surface area is 141 Å². The number of aromatic hydroxyl groups is 1. The van der Waals surface area contributed by atoms with E-state index in [2.05, 4.69) is 31.2 Å². The fraction of sp³-hybridized carbons (Fsp3) is 0.300. The Kier molecular flexibility index (Phi) is 4.14. The first kappa shape index (κ1) is 16.2. The standard InChI is InChI=1S/C20H21NO3/c1-11(2)6-5-7-14-10-24-20-13(4)19(22)18(21-23)16-12(3)8-9-15(14)17(16)20/h6,8-10,22H,5,7H2,1-4H3. The molecular formula is C20H21NO3. The molecule has 0 spiro atoms. The van der Waals surface area contributed by atoms with E-state index in [1.807, 2.05) is 13.0 Å². The van der Waals surface area contributed by atoms with Crippen molar-refractivity contribution in [3.63, 3.8) is 0 Å². The number of hydrogen-bond donors (Lipinski definition) is 1. The zero-order chi connectivity index (χ0) is 17.4. The van der Waals surface area contributed by atoms with Crippen LogP contribution in [0.3, 0.4) is 0 Å². The Balaban J connectivity index is 2.23. The molecular weight excluding hydrogens is 302 g/mol. The van der Waals surface area contributed by atoms with Crippen LogP contribution in [-0.4, -0.2) is 5.11 Å². The van der Waals surface area contributed by atoms with Gasteiger partial charge in [0.25, 0.3) is 0 Å². The molecule has 24 heavy (non-hydrogen) atoms. The molecule has 0 aromatic heterocycles. The van der Waals surface area contributed by atoms with Gasteiger partial charge in [-0.1, -0.05) is 23.8 Å². The zero-order valence-electron chi connectivity index (χ0n) is 14.4. The molecule has 4 heteroatoms. The maximum absolute atomic E-state index is 11.3. The van der Waals surface area contributed by atoms with Crippen LogP contribution < -0.4 is 4.74 Å². The van der Waals surface area contributed by atoms with Crippen molar-refractivity contribution in [2.75, 3.05) is 0 Å². The number of nitrogens with zero attached hydrogens (tertiary/aromatic N) is 1. The minimum absolute atomic E-state index is 0.0970. The Hall–Kier alpha value is -2.62. The second kappa shape index (κ2) is 6.11. The summed E-state index contributed by atoms with van der Waals surface area (Å²) < 4.78 is 5.85. The van der Waals surface area contributed by atoms with Gasteiger partial charge in [-0.05, 0) is 62.4 Å². The molecule has 0 bridgehead atoms. The summed E-state index contributed by atoms with van der Waals surface area (Å²) in [7, 11) is 0. The number of phenols is 1. The summed E-state index contributed by atoms with van der Waals surface area (Å²) in [6.07, 6.45) is 5.73. The van der Waals surface area contributed by atoms with Crippen molar-refractivity contribution in [2.45, 2.75) is 40.5 Å². The fourth-order valence-electron chi connectivity index (χ4n) is 3.25. The fourth-order valence-corrected chi connectivity index (χ4v) is 3.25. The van der Waals surface area contributed by atoms with Gasteiger partial charge in [0, 0.05) is 16.3 Å². The molecule has 1 aliphatic heterocycles. The van der Waals surface area contributed by atoms with E-state index in [9.17, 15) is 10.0 Å². The topological polar surface area (TPSA) is 58.9 Å². The van der Waals surface area contributed by atoms with Crippen LogP contribution in [0.1, 0.15) is 43.4 Å². The smallest absolute Gasteiger partial charge is 0.158 e. The predicted molar refractivity (Wildman–Crippen MR) is 97.8 cm³/mol. The lowest BCUT2D eigenvalue weighted by Crippen LogP contribution is -2.02. The van der Waals surface area contributed by atoms with E-state index < -0.39 is 0 Å². The normalized spacial score (nSPS) is 12.6. The summed E-state index contributed by atoms with van der Waals surface area (Å²) in [4.78, 5) is 11.3. The molecule has 1 N–H and O–H groups in total. The van der Waals surface area contributed by atoms with Crippen LogP contribution in [0.5, 0.6) is 11.5 Å². The van der Waals surface area contributed by atoms with Crippen LogP contribution in [0.15, 0.2) is 35.2 Å². The van der Waals surface area contributed by atoms with Crippen LogP contribution in [0.25, 0.3) is 16.3 Å². The lowest BCUT2D eigenvalue weighted by Gasteiger charge is -2.22. The van der Waals surface area contributed by atoms with Gasteiger partial charge in [-0.25, -0.2) is 0 Å². The predicted octanol–water partition coefficient (Wildman–Crippen LogP) is 6.04. The van der Waals surface area contributed by atoms with E-state index in [1.54, 1.807) is 13.2 Å². The molecule has 4 nitrogen and oxygen atoms in total. The molecule has 2 aromatic carbocycles. The molecule has 0 aliphatic carbocycles. The molecule has 0 saturated carbocycles. The molecule has 0 atom stereocenters. The number of nitroso groups, excluding NO2 is 1. The van der Waals surface area contributed by atoms with Crippen molar-refractivity contribution in [1.29, 1.82) is 0 Å². The number of hydrogen-bond acceptors (Lipinski definition) is 4. The SMILES string of the molecule is CC(C)=CCCC1=COc2c(C)c(O)c(N=O)c3c(C)ccc1c23. The number of allylic oxidation sites excluding steroid dienone is 3. The summed E-state index contributed by atoms with van der Waals surface area (Å²) in [6, 6.07) is 4.02. The molecule has 1 aliphatic rings. The van der Waals surface area contributed by atoms with E-state index in [-0.39, 0.29) is 11.4 Å². The van der Waals surface area contributed by atoms with E-state index in [1.165, 1.54) is 5.57 Å². The Morgan fingerprint density at radius 3 is 2.67 bits per heavy atom. The Bertz CT molecular complexity index is 903. The number of rotatable bonds is 4. The van der Waals surface area contributed by atoms with Gasteiger partial charge < -0.3 is 9.84 Å². The highest BCUT2D eigenvalue weighted by Gasteiger charge is 2.25. The first-order valence-corrected chi connectivity index (χ1v) is 8.07. The average Bonchev–Trinajstić information content (AvgIpc) is 2.55. The van der Waals surface area contributed by atoms with E-state index >= 15 is 0 Å². The summed E-state index contributed by atoms with van der Waals surface area (Å²) >= 11 is 0. The van der Waals surface area contributed by atoms with Crippen LogP contribution >= 0.6 is 0 Å². The van der Waals surface area contributed by atoms with E-state index in [0.717, 1.165) is 34.9 Å². The van der Waals surface area contributed by atoms with Gasteiger partial charge >= 0.3 is 0 Å². The number of ether oxygens (including phenoxy) is 1. The van der Waals surface area contributed by atoms with Gasteiger partial charge in [0.2, 0.25) is 0 Å². The van der Waals surface area contributed by atoms with Crippen LogP contribution in [-0.2, 0) is 0 Å².